The van der Waals surface area contributed by atoms with Gasteiger partial charge in [-0.25, -0.2) is 26.9 Å². The Morgan fingerprint density at radius 2 is 1.81 bits per heavy atom. The fourth-order valence-corrected chi connectivity index (χ4v) is 12.0. The third-order valence-corrected chi connectivity index (χ3v) is 16.3. The van der Waals surface area contributed by atoms with Gasteiger partial charge in [-0.1, -0.05) is 31.9 Å². The van der Waals surface area contributed by atoms with E-state index >= 15 is 0 Å². The van der Waals surface area contributed by atoms with Crippen LogP contribution in [0.5, 0.6) is 11.5 Å². The number of nitro benzene ring substituents is 1. The molecule has 3 aliphatic heterocycles. The van der Waals surface area contributed by atoms with Gasteiger partial charge in [-0.2, -0.15) is 0 Å². The number of fused-ring (bicyclic) bond motifs is 1. The smallest absolute Gasteiger partial charge is 0.293 e. The number of hydrogen-bond acceptors (Lipinski definition) is 12. The standard InChI is InChI=1S/C47H59F2N7O7S/c1-30-23-51-42-37(30)20-34(25-52-42)63-41-19-33(55-15-13-54(14-16-55)26-32-9-12-44(2,3)22-38(32)46-27-47(28-46,29-46)45(4,48)49)5-7-36(41)43(57)53-64(60,61)35-6-8-39(40(21-35)56(58)59)50-24-31-10-17-62-18-11-31/h5-8,19-21,25,30-31,50H,9-18,22-24,26-29H2,1-4H3,(H,51,52)(H,53,57). The Kier molecular flexibility index (Phi) is 11.5. The van der Waals surface area contributed by atoms with E-state index in [0.717, 1.165) is 88.3 Å². The molecule has 4 aliphatic carbocycles. The second-order valence-corrected chi connectivity index (χ2v) is 21.8. The van der Waals surface area contributed by atoms with Crippen molar-refractivity contribution in [3.8, 4) is 11.5 Å². The van der Waals surface area contributed by atoms with Gasteiger partial charge in [0.05, 0.1) is 21.6 Å². The van der Waals surface area contributed by atoms with Crippen molar-refractivity contribution in [3.63, 3.8) is 0 Å². The number of ether oxygens (including phenoxy) is 2. The molecule has 4 heterocycles. The van der Waals surface area contributed by atoms with Crippen LogP contribution in [-0.2, 0) is 14.8 Å². The van der Waals surface area contributed by atoms with E-state index in [1.165, 1.54) is 29.3 Å². The number of nitrogens with zero attached hydrogens (tertiary/aromatic N) is 4. The van der Waals surface area contributed by atoms with Crippen LogP contribution >= 0.6 is 0 Å². The van der Waals surface area contributed by atoms with Crippen molar-refractivity contribution in [3.05, 3.63) is 81.0 Å². The molecule has 0 spiro atoms. The fourth-order valence-electron chi connectivity index (χ4n) is 11.0. The van der Waals surface area contributed by atoms with Gasteiger partial charge in [0.1, 0.15) is 23.0 Å². The van der Waals surface area contributed by atoms with E-state index in [2.05, 4.69) is 50.9 Å². The number of alkyl halides is 2. The maximum absolute atomic E-state index is 14.5. The lowest BCUT2D eigenvalue weighted by atomic mass is 9.30. The minimum absolute atomic E-state index is 0.0437. The van der Waals surface area contributed by atoms with Crippen molar-refractivity contribution >= 4 is 38.8 Å². The van der Waals surface area contributed by atoms with E-state index in [0.29, 0.717) is 57.9 Å². The average Bonchev–Trinajstić information content (AvgIpc) is 3.59. The molecule has 2 saturated heterocycles. The molecule has 3 saturated carbocycles. The minimum atomic E-state index is -4.57. The molecular formula is C47H59F2N7O7S. The lowest BCUT2D eigenvalue weighted by molar-refractivity contribution is -0.384. The third kappa shape index (κ3) is 8.55. The van der Waals surface area contributed by atoms with E-state index in [-0.39, 0.29) is 39.7 Å². The number of halogens is 2. The zero-order valence-corrected chi connectivity index (χ0v) is 37.9. The molecule has 3 N–H and O–H groups in total. The summed E-state index contributed by atoms with van der Waals surface area (Å²) in [6.45, 7) is 13.9. The van der Waals surface area contributed by atoms with Gasteiger partial charge in [0.25, 0.3) is 27.5 Å². The molecule has 1 atom stereocenters. The van der Waals surface area contributed by atoms with Crippen LogP contribution in [0.2, 0.25) is 0 Å². The number of piperazine rings is 1. The molecule has 14 nitrogen and oxygen atoms in total. The number of sulfonamides is 1. The monoisotopic (exact) mass is 903 g/mol. The van der Waals surface area contributed by atoms with E-state index in [1.807, 2.05) is 6.07 Å². The molecule has 3 aromatic rings. The number of benzene rings is 2. The molecule has 7 aliphatic rings. The summed E-state index contributed by atoms with van der Waals surface area (Å²) in [6, 6.07) is 10.5. The van der Waals surface area contributed by atoms with Crippen molar-refractivity contribution < 1.29 is 36.4 Å². The van der Waals surface area contributed by atoms with Crippen molar-refractivity contribution in [1.82, 2.24) is 14.6 Å². The summed E-state index contributed by atoms with van der Waals surface area (Å²) >= 11 is 0. The highest BCUT2D eigenvalue weighted by Gasteiger charge is 2.76. The Hall–Kier alpha value is -4.87. The maximum Gasteiger partial charge on any atom is 0.293 e. The predicted molar refractivity (Wildman–Crippen MR) is 240 cm³/mol. The number of nitrogens with one attached hydrogen (secondary N) is 3. The number of nitro groups is 1. The summed E-state index contributed by atoms with van der Waals surface area (Å²) < 4.78 is 70.4. The first-order valence-electron chi connectivity index (χ1n) is 22.6. The van der Waals surface area contributed by atoms with Crippen LogP contribution in [0.15, 0.2) is 64.7 Å². The number of hydrogen-bond donors (Lipinski definition) is 3. The van der Waals surface area contributed by atoms with Gasteiger partial charge in [-0.15, -0.1) is 0 Å². The van der Waals surface area contributed by atoms with Gasteiger partial charge in [0, 0.05) is 93.7 Å². The molecule has 2 aromatic carbocycles. The molecule has 17 heteroatoms. The van der Waals surface area contributed by atoms with Gasteiger partial charge in [-0.3, -0.25) is 19.8 Å². The summed E-state index contributed by atoms with van der Waals surface area (Å²) in [5.41, 5.74) is 3.61. The summed E-state index contributed by atoms with van der Waals surface area (Å²) in [5, 5.41) is 18.5. The van der Waals surface area contributed by atoms with Crippen molar-refractivity contribution in [2.45, 2.75) is 95.8 Å². The zero-order valence-electron chi connectivity index (χ0n) is 37.1. The molecular weight excluding hydrogens is 845 g/mol. The van der Waals surface area contributed by atoms with Gasteiger partial charge >= 0.3 is 0 Å². The fraction of sp³-hybridized carbons (Fsp3) is 0.574. The first-order valence-corrected chi connectivity index (χ1v) is 24.1. The molecule has 64 heavy (non-hydrogen) atoms. The van der Waals surface area contributed by atoms with Crippen molar-refractivity contribution in [2.24, 2.45) is 22.2 Å². The average molecular weight is 904 g/mol. The summed E-state index contributed by atoms with van der Waals surface area (Å²) in [5.74, 6) is -1.90. The van der Waals surface area contributed by atoms with Crippen LogP contribution in [0.1, 0.15) is 101 Å². The zero-order chi connectivity index (χ0) is 45.2. The second-order valence-electron chi connectivity index (χ2n) is 20.1. The van der Waals surface area contributed by atoms with Gasteiger partial charge in [0.2, 0.25) is 0 Å². The number of carbonyl (C=O) groups is 1. The number of allylic oxidation sites excluding steroid dienone is 1. The van der Waals surface area contributed by atoms with Gasteiger partial charge in [-0.05, 0) is 105 Å². The first kappa shape index (κ1) is 44.3. The van der Waals surface area contributed by atoms with E-state index in [4.69, 9.17) is 9.47 Å². The number of rotatable bonds is 14. The Bertz CT molecular complexity index is 2460. The predicted octanol–water partition coefficient (Wildman–Crippen LogP) is 8.72. The number of aromatic nitrogens is 1. The van der Waals surface area contributed by atoms with Gasteiger partial charge in [0.15, 0.2) is 0 Å². The molecule has 0 radical (unpaired) electrons. The van der Waals surface area contributed by atoms with Crippen LogP contribution in [-0.4, -0.2) is 94.1 Å². The number of pyridine rings is 1. The van der Waals surface area contributed by atoms with Gasteiger partial charge < -0.3 is 25.0 Å². The number of amides is 1. The number of carbonyl (C=O) groups excluding carboxylic acids is 1. The number of anilines is 3. The normalized spacial score (nSPS) is 25.7. The molecule has 1 unspecified atom stereocenters. The van der Waals surface area contributed by atoms with Crippen molar-refractivity contribution in [2.75, 3.05) is 74.6 Å². The first-order chi connectivity index (χ1) is 30.3. The Morgan fingerprint density at radius 1 is 1.08 bits per heavy atom. The Labute approximate surface area is 373 Å². The highest BCUT2D eigenvalue weighted by Crippen LogP contribution is 2.81. The summed E-state index contributed by atoms with van der Waals surface area (Å²) in [6.07, 6.45) is 8.01. The van der Waals surface area contributed by atoms with Crippen LogP contribution in [0.25, 0.3) is 0 Å². The lowest BCUT2D eigenvalue weighted by Crippen LogP contribution is -2.69. The van der Waals surface area contributed by atoms with Crippen LogP contribution in [0.3, 0.4) is 0 Å². The lowest BCUT2D eigenvalue weighted by Gasteiger charge is -2.74. The van der Waals surface area contributed by atoms with E-state index in [9.17, 15) is 32.1 Å². The molecule has 1 amide bonds. The van der Waals surface area contributed by atoms with E-state index < -0.39 is 42.8 Å². The molecule has 2 bridgehead atoms. The third-order valence-electron chi connectivity index (χ3n) is 15.0. The quantitative estimate of drug-likeness (QED) is 0.0801. The van der Waals surface area contributed by atoms with Crippen LogP contribution in [0.4, 0.5) is 31.7 Å². The molecule has 1 aromatic heterocycles. The van der Waals surface area contributed by atoms with Crippen LogP contribution < -0.4 is 25.0 Å². The molecule has 5 fully saturated rings. The second kappa shape index (κ2) is 16.5. The maximum atomic E-state index is 14.5. The van der Waals surface area contributed by atoms with Crippen molar-refractivity contribution in [1.29, 1.82) is 0 Å². The SMILES string of the molecule is CC1CNc2ncc(Oc3cc(N4CCN(CC5=C(C67CC(C(C)(F)F)(C6)C7)CC(C)(C)CC5)CC4)ccc3C(=O)NS(=O)(=O)c3ccc(NCC4CCOCC4)c([N+](=O)[O-])c3)cc21. The van der Waals surface area contributed by atoms with Crippen LogP contribution in [0, 0.1) is 32.3 Å². The highest BCUT2D eigenvalue weighted by molar-refractivity contribution is 7.90. The minimum Gasteiger partial charge on any atom is -0.455 e. The molecule has 344 valence electrons. The Balaban J connectivity index is 0.921. The summed E-state index contributed by atoms with van der Waals surface area (Å²) in [7, 11) is -4.57. The Morgan fingerprint density at radius 3 is 2.52 bits per heavy atom. The molecule has 10 rings (SSSR count). The highest BCUT2D eigenvalue weighted by atomic mass is 32.2. The largest absolute Gasteiger partial charge is 0.455 e. The summed E-state index contributed by atoms with van der Waals surface area (Å²) in [4.78, 5) is 34.2. The topological polar surface area (TPSA) is 168 Å². The van der Waals surface area contributed by atoms with E-state index in [1.54, 1.807) is 18.3 Å².